The Morgan fingerprint density at radius 1 is 1.09 bits per heavy atom. The molecule has 0 aliphatic heterocycles. The number of carbonyl (C=O) groups excluding carboxylic acids is 1. The Morgan fingerprint density at radius 3 is 2.65 bits per heavy atom. The molecule has 0 saturated carbocycles. The summed E-state index contributed by atoms with van der Waals surface area (Å²) >= 11 is 2.88. The molecule has 5 rings (SSSR count). The van der Waals surface area contributed by atoms with Gasteiger partial charge in [-0.1, -0.05) is 66.7 Å². The molecule has 0 saturated heterocycles. The van der Waals surface area contributed by atoms with E-state index in [-0.39, 0.29) is 11.2 Å². The van der Waals surface area contributed by atoms with E-state index >= 15 is 0 Å². The second-order valence-corrected chi connectivity index (χ2v) is 10.4. The number of pyridine rings is 1. The first-order valence-corrected chi connectivity index (χ1v) is 12.9. The molecule has 0 bridgehead atoms. The average Bonchev–Trinajstić information content (AvgIpc) is 3.45. The molecule has 1 atom stereocenters. The van der Waals surface area contributed by atoms with Crippen molar-refractivity contribution in [3.63, 3.8) is 0 Å². The first kappa shape index (κ1) is 22.6. The molecule has 1 amide bonds. The first-order valence-electron chi connectivity index (χ1n) is 11.2. The molecule has 0 spiro atoms. The zero-order valence-electron chi connectivity index (χ0n) is 19.5. The van der Waals surface area contributed by atoms with E-state index in [4.69, 9.17) is 0 Å². The lowest BCUT2D eigenvalue weighted by Crippen LogP contribution is -2.24. The topological polar surface area (TPSA) is 72.2 Å². The van der Waals surface area contributed by atoms with Gasteiger partial charge in [0.2, 0.25) is 5.91 Å². The largest absolute Gasteiger partial charge is 0.301 e. The van der Waals surface area contributed by atoms with E-state index in [1.165, 1.54) is 28.7 Å². The van der Waals surface area contributed by atoms with Crippen LogP contribution < -0.4 is 5.32 Å². The number of carbonyl (C=O) groups is 1. The number of thioether (sulfide) groups is 1. The number of hydrogen-bond donors (Lipinski definition) is 1. The number of anilines is 1. The molecule has 1 N–H and O–H groups in total. The summed E-state index contributed by atoms with van der Waals surface area (Å²) in [4.78, 5) is 17.8. The Kier molecular flexibility index (Phi) is 6.10. The van der Waals surface area contributed by atoms with Crippen LogP contribution in [-0.2, 0) is 4.79 Å². The van der Waals surface area contributed by atoms with Gasteiger partial charge in [0.15, 0.2) is 15.9 Å². The summed E-state index contributed by atoms with van der Waals surface area (Å²) in [5, 5.41) is 16.0. The van der Waals surface area contributed by atoms with Crippen LogP contribution >= 0.6 is 23.1 Å². The van der Waals surface area contributed by atoms with Crippen LogP contribution in [0.2, 0.25) is 0 Å². The molecular weight excluding hydrogens is 462 g/mol. The number of nitrogens with one attached hydrogen (secondary N) is 1. The van der Waals surface area contributed by atoms with Crippen molar-refractivity contribution < 1.29 is 4.79 Å². The van der Waals surface area contributed by atoms with Crippen LogP contribution in [0.4, 0.5) is 5.13 Å². The van der Waals surface area contributed by atoms with Crippen LogP contribution in [0.5, 0.6) is 0 Å². The summed E-state index contributed by atoms with van der Waals surface area (Å²) in [6, 6.07) is 16.5. The van der Waals surface area contributed by atoms with Crippen LogP contribution in [0.3, 0.4) is 0 Å². The minimum Gasteiger partial charge on any atom is -0.301 e. The lowest BCUT2D eigenvalue weighted by atomic mass is 10.1. The molecule has 0 fully saturated rings. The molecule has 6 nitrogen and oxygen atoms in total. The number of nitrogens with zero attached hydrogens (tertiary/aromatic N) is 4. The first-order chi connectivity index (χ1) is 16.4. The van der Waals surface area contributed by atoms with Crippen LogP contribution in [0, 0.1) is 20.8 Å². The van der Waals surface area contributed by atoms with Crippen LogP contribution in [-0.4, -0.2) is 30.7 Å². The summed E-state index contributed by atoms with van der Waals surface area (Å²) in [7, 11) is 0. The van der Waals surface area contributed by atoms with Gasteiger partial charge in [0.05, 0.1) is 16.5 Å². The predicted molar refractivity (Wildman–Crippen MR) is 141 cm³/mol. The number of hydrogen-bond acceptors (Lipinski definition) is 6. The van der Waals surface area contributed by atoms with Gasteiger partial charge in [-0.15, -0.1) is 21.5 Å². The number of thiazole rings is 1. The van der Waals surface area contributed by atoms with E-state index in [1.54, 1.807) is 0 Å². The minimum atomic E-state index is -0.320. The highest BCUT2D eigenvalue weighted by molar-refractivity contribution is 8.00. The van der Waals surface area contributed by atoms with Crippen molar-refractivity contribution in [2.45, 2.75) is 44.5 Å². The molecule has 3 heterocycles. The number of fused-ring (bicyclic) bond motifs is 3. The lowest BCUT2D eigenvalue weighted by molar-refractivity contribution is -0.115. The maximum Gasteiger partial charge on any atom is 0.239 e. The van der Waals surface area contributed by atoms with E-state index in [0.29, 0.717) is 11.6 Å². The summed E-state index contributed by atoms with van der Waals surface area (Å²) in [6.45, 7) is 8.24. The number of amides is 1. The highest BCUT2D eigenvalue weighted by Crippen LogP contribution is 2.32. The van der Waals surface area contributed by atoms with Gasteiger partial charge in [0.1, 0.15) is 0 Å². The molecule has 0 radical (unpaired) electrons. The van der Waals surface area contributed by atoms with E-state index < -0.39 is 0 Å². The molecular formula is C26H25N5OS2. The summed E-state index contributed by atoms with van der Waals surface area (Å²) in [5.41, 5.74) is 7.29. The summed E-state index contributed by atoms with van der Waals surface area (Å²) in [5.74, 6) is -0.0813. The average molecular weight is 488 g/mol. The van der Waals surface area contributed by atoms with Gasteiger partial charge >= 0.3 is 0 Å². The van der Waals surface area contributed by atoms with Crippen LogP contribution in [0.25, 0.3) is 27.8 Å². The quantitative estimate of drug-likeness (QED) is 0.279. The third kappa shape index (κ3) is 4.19. The minimum absolute atomic E-state index is 0.0813. The monoisotopic (exact) mass is 487 g/mol. The number of aryl methyl sites for hydroxylation is 3. The molecule has 34 heavy (non-hydrogen) atoms. The number of para-hydroxylation sites is 1. The highest BCUT2D eigenvalue weighted by Gasteiger charge is 2.23. The van der Waals surface area contributed by atoms with Crippen LogP contribution in [0.1, 0.15) is 30.0 Å². The van der Waals surface area contributed by atoms with Crippen molar-refractivity contribution in [2.75, 3.05) is 5.32 Å². The molecule has 0 aliphatic rings. The lowest BCUT2D eigenvalue weighted by Gasteiger charge is -2.14. The predicted octanol–water partition coefficient (Wildman–Crippen LogP) is 6.44. The second kappa shape index (κ2) is 9.19. The highest BCUT2D eigenvalue weighted by atomic mass is 32.2. The van der Waals surface area contributed by atoms with Gasteiger partial charge in [-0.25, -0.2) is 4.98 Å². The van der Waals surface area contributed by atoms with Gasteiger partial charge < -0.3 is 5.32 Å². The van der Waals surface area contributed by atoms with Gasteiger partial charge in [-0.3, -0.25) is 9.20 Å². The SMILES string of the molecule is CCC(Sc1nnc2cc(C)c3cccc(C)c3n12)C(=O)Nc1nc(-c2ccc(C)cc2)cs1. The standard InChI is InChI=1S/C26H25N5OS2/c1-5-21(24(32)28-25-27-20(14-33-25)18-11-9-15(2)10-12-18)34-26-30-29-22-13-17(4)19-8-6-7-16(3)23(19)31(22)26/h6-14,21H,5H2,1-4H3,(H,27,28,32). The molecule has 5 aromatic rings. The smallest absolute Gasteiger partial charge is 0.239 e. The van der Waals surface area contributed by atoms with E-state index in [1.807, 2.05) is 30.5 Å². The Morgan fingerprint density at radius 2 is 1.88 bits per heavy atom. The zero-order chi connectivity index (χ0) is 23.8. The van der Waals surface area contributed by atoms with E-state index in [0.717, 1.165) is 44.1 Å². The van der Waals surface area contributed by atoms with E-state index in [2.05, 4.69) is 76.0 Å². The molecule has 8 heteroatoms. The third-order valence-corrected chi connectivity index (χ3v) is 7.95. The Hall–Kier alpha value is -3.23. The molecule has 172 valence electrons. The van der Waals surface area contributed by atoms with Crippen molar-refractivity contribution in [3.05, 3.63) is 70.6 Å². The van der Waals surface area contributed by atoms with Crippen molar-refractivity contribution in [1.29, 1.82) is 0 Å². The van der Waals surface area contributed by atoms with Crippen molar-refractivity contribution in [1.82, 2.24) is 19.6 Å². The van der Waals surface area contributed by atoms with Crippen molar-refractivity contribution >= 4 is 50.7 Å². The Balaban J connectivity index is 1.40. The third-order valence-electron chi connectivity index (χ3n) is 5.88. The van der Waals surface area contributed by atoms with Gasteiger partial charge in [0.25, 0.3) is 0 Å². The fraction of sp³-hybridized carbons (Fsp3) is 0.231. The fourth-order valence-electron chi connectivity index (χ4n) is 4.03. The fourth-order valence-corrected chi connectivity index (χ4v) is 5.72. The molecule has 0 aliphatic carbocycles. The van der Waals surface area contributed by atoms with Gasteiger partial charge in [-0.05, 0) is 44.4 Å². The maximum absolute atomic E-state index is 13.2. The van der Waals surface area contributed by atoms with E-state index in [9.17, 15) is 4.79 Å². The number of rotatable bonds is 6. The molecule has 3 aromatic heterocycles. The molecule has 2 aromatic carbocycles. The van der Waals surface area contributed by atoms with Crippen molar-refractivity contribution in [2.24, 2.45) is 0 Å². The van der Waals surface area contributed by atoms with Gasteiger partial charge in [0, 0.05) is 16.3 Å². The normalized spacial score (nSPS) is 12.4. The Labute approximate surface area is 206 Å². The zero-order valence-corrected chi connectivity index (χ0v) is 21.1. The summed E-state index contributed by atoms with van der Waals surface area (Å²) < 4.78 is 2.07. The van der Waals surface area contributed by atoms with Gasteiger partial charge in [-0.2, -0.15) is 0 Å². The molecule has 1 unspecified atom stereocenters. The number of aromatic nitrogens is 4. The van der Waals surface area contributed by atoms with Crippen molar-refractivity contribution in [3.8, 4) is 11.3 Å². The second-order valence-electron chi connectivity index (χ2n) is 8.38. The summed E-state index contributed by atoms with van der Waals surface area (Å²) in [6.07, 6.45) is 0.657. The number of benzene rings is 2. The Bertz CT molecular complexity index is 1500. The van der Waals surface area contributed by atoms with Crippen LogP contribution in [0.15, 0.2) is 59.1 Å². The maximum atomic E-state index is 13.2.